The summed E-state index contributed by atoms with van der Waals surface area (Å²) < 4.78 is 4.48. The summed E-state index contributed by atoms with van der Waals surface area (Å²) in [5, 5.41) is 9.91. The molecular formula is C57H37N5. The zero-order valence-electron chi connectivity index (χ0n) is 33.6. The first-order valence-corrected chi connectivity index (χ1v) is 20.9. The van der Waals surface area contributed by atoms with Crippen LogP contribution in [-0.4, -0.2) is 24.1 Å². The minimum atomic E-state index is 0.685. The predicted molar refractivity (Wildman–Crippen MR) is 255 cm³/mol. The maximum absolute atomic E-state index is 5.19. The number of hydrogen-bond acceptors (Lipinski definition) is 3. The molecule has 5 nitrogen and oxygen atoms in total. The highest BCUT2D eigenvalue weighted by molar-refractivity contribution is 6.13. The van der Waals surface area contributed by atoms with Gasteiger partial charge in [0, 0.05) is 55.2 Å². The van der Waals surface area contributed by atoms with Gasteiger partial charge in [-0.05, 0) is 46.8 Å². The van der Waals surface area contributed by atoms with Crippen molar-refractivity contribution < 1.29 is 0 Å². The minimum absolute atomic E-state index is 0.685. The summed E-state index contributed by atoms with van der Waals surface area (Å²) in [6.07, 6.45) is 2.01. The average molecular weight is 792 g/mol. The molecule has 8 aromatic carbocycles. The number of nitrogens with zero attached hydrogens (tertiary/aromatic N) is 5. The summed E-state index contributed by atoms with van der Waals surface area (Å²) in [5.41, 5.74) is 15.9. The lowest BCUT2D eigenvalue weighted by Crippen LogP contribution is -2.00. The Morgan fingerprint density at radius 1 is 0.355 bits per heavy atom. The lowest BCUT2D eigenvalue weighted by Gasteiger charge is -2.18. The second-order valence-corrected chi connectivity index (χ2v) is 15.6. The fourth-order valence-corrected chi connectivity index (χ4v) is 9.15. The molecule has 62 heavy (non-hydrogen) atoms. The summed E-state index contributed by atoms with van der Waals surface area (Å²) in [4.78, 5) is 10.3. The van der Waals surface area contributed by atoms with Gasteiger partial charge in [-0.25, -0.2) is 14.5 Å². The molecule has 5 heteroatoms. The molecule has 0 N–H and O–H groups in total. The summed E-state index contributed by atoms with van der Waals surface area (Å²) in [6, 6.07) is 77.0. The molecular weight excluding hydrogens is 755 g/mol. The Kier molecular flexibility index (Phi) is 8.42. The molecule has 0 spiro atoms. The summed E-state index contributed by atoms with van der Waals surface area (Å²) in [7, 11) is 0. The molecule has 0 aliphatic carbocycles. The number of para-hydroxylation sites is 2. The van der Waals surface area contributed by atoms with Crippen LogP contribution in [-0.2, 0) is 0 Å². The van der Waals surface area contributed by atoms with E-state index in [-0.39, 0.29) is 0 Å². The van der Waals surface area contributed by atoms with Gasteiger partial charge in [0.1, 0.15) is 0 Å². The molecule has 0 amide bonds. The molecule has 0 atom stereocenters. The largest absolute Gasteiger partial charge is 0.309 e. The zero-order valence-corrected chi connectivity index (χ0v) is 33.6. The Labute approximate surface area is 358 Å². The van der Waals surface area contributed by atoms with Gasteiger partial charge in [-0.1, -0.05) is 188 Å². The van der Waals surface area contributed by atoms with E-state index in [1.54, 1.807) is 0 Å². The third-order valence-corrected chi connectivity index (χ3v) is 12.0. The lowest BCUT2D eigenvalue weighted by molar-refractivity contribution is 0.976. The zero-order chi connectivity index (χ0) is 41.0. The minimum Gasteiger partial charge on any atom is -0.309 e. The quantitative estimate of drug-likeness (QED) is 0.162. The van der Waals surface area contributed by atoms with E-state index in [4.69, 9.17) is 15.1 Å². The van der Waals surface area contributed by atoms with Crippen molar-refractivity contribution in [3.63, 3.8) is 0 Å². The first-order valence-electron chi connectivity index (χ1n) is 20.9. The van der Waals surface area contributed by atoms with Crippen molar-refractivity contribution in [1.82, 2.24) is 24.1 Å². The van der Waals surface area contributed by atoms with Crippen LogP contribution in [0.15, 0.2) is 225 Å². The molecule has 0 fully saturated rings. The first-order chi connectivity index (χ1) is 30.8. The Balaban J connectivity index is 0.989. The van der Waals surface area contributed by atoms with Gasteiger partial charge in [-0.3, -0.25) is 0 Å². The Bertz CT molecular complexity index is 3540. The molecule has 0 saturated carbocycles. The van der Waals surface area contributed by atoms with Crippen LogP contribution < -0.4 is 0 Å². The molecule has 0 radical (unpaired) electrons. The van der Waals surface area contributed by atoms with Crippen molar-refractivity contribution in [3.8, 4) is 73.1 Å². The number of aromatic nitrogens is 5. The highest BCUT2D eigenvalue weighted by Crippen LogP contribution is 2.43. The van der Waals surface area contributed by atoms with Crippen molar-refractivity contribution in [2.45, 2.75) is 0 Å². The van der Waals surface area contributed by atoms with Gasteiger partial charge < -0.3 is 4.57 Å². The maximum Gasteiger partial charge on any atom is 0.160 e. The van der Waals surface area contributed by atoms with Gasteiger partial charge in [-0.2, -0.15) is 5.10 Å². The predicted octanol–water partition coefficient (Wildman–Crippen LogP) is 14.4. The summed E-state index contributed by atoms with van der Waals surface area (Å²) in [6.45, 7) is 0. The Morgan fingerprint density at radius 3 is 1.42 bits per heavy atom. The van der Waals surface area contributed by atoms with E-state index in [0.717, 1.165) is 78.2 Å². The second kappa shape index (κ2) is 14.7. The van der Waals surface area contributed by atoms with E-state index < -0.39 is 0 Å². The van der Waals surface area contributed by atoms with E-state index in [2.05, 4.69) is 209 Å². The topological polar surface area (TPSA) is 48.0 Å². The van der Waals surface area contributed by atoms with Gasteiger partial charge in [0.25, 0.3) is 0 Å². The molecule has 0 aliphatic heterocycles. The molecule has 0 saturated heterocycles. The fraction of sp³-hybridized carbons (Fsp3) is 0. The van der Waals surface area contributed by atoms with E-state index in [9.17, 15) is 0 Å². The molecule has 12 rings (SSSR count). The van der Waals surface area contributed by atoms with Crippen LogP contribution in [0.4, 0.5) is 0 Å². The number of pyridine rings is 1. The van der Waals surface area contributed by atoms with Crippen LogP contribution >= 0.6 is 0 Å². The molecule has 4 heterocycles. The van der Waals surface area contributed by atoms with Crippen molar-refractivity contribution in [2.75, 3.05) is 0 Å². The van der Waals surface area contributed by atoms with E-state index in [1.807, 2.05) is 24.4 Å². The van der Waals surface area contributed by atoms with Crippen LogP contribution in [0.25, 0.3) is 111 Å². The van der Waals surface area contributed by atoms with Crippen molar-refractivity contribution in [2.24, 2.45) is 0 Å². The molecule has 0 unspecified atom stereocenters. The highest BCUT2D eigenvalue weighted by atomic mass is 15.2. The lowest BCUT2D eigenvalue weighted by atomic mass is 9.91. The van der Waals surface area contributed by atoms with Crippen molar-refractivity contribution in [1.29, 1.82) is 0 Å². The van der Waals surface area contributed by atoms with E-state index in [0.29, 0.717) is 5.82 Å². The third kappa shape index (κ3) is 5.90. The van der Waals surface area contributed by atoms with Crippen LogP contribution in [0.2, 0.25) is 0 Å². The molecule has 12 aromatic rings. The van der Waals surface area contributed by atoms with Crippen molar-refractivity contribution in [3.05, 3.63) is 225 Å². The number of fused-ring (bicyclic) bond motifs is 6. The Morgan fingerprint density at radius 2 is 0.823 bits per heavy atom. The van der Waals surface area contributed by atoms with Crippen LogP contribution in [0.1, 0.15) is 0 Å². The van der Waals surface area contributed by atoms with Gasteiger partial charge in [-0.15, -0.1) is 0 Å². The normalized spacial score (nSPS) is 11.5. The van der Waals surface area contributed by atoms with Crippen LogP contribution in [0.5, 0.6) is 0 Å². The summed E-state index contributed by atoms with van der Waals surface area (Å²) in [5.74, 6) is 0.685. The van der Waals surface area contributed by atoms with Crippen molar-refractivity contribution >= 4 is 38.1 Å². The standard InChI is InChI=1S/C57H37N5/c1-4-16-38(17-5-1)49-37-58-62-55(42-18-6-2-7-19-42)54(47-24-10-11-25-48(47)56(49)62)41-30-28-39(29-31-41)50-36-51(60-57(59-50)43-20-8-3-9-21-43)40-32-34-44(35-33-40)61-52-26-14-12-22-45(52)46-23-13-15-27-53(46)61/h1-37H. The molecule has 0 aliphatic rings. The van der Waals surface area contributed by atoms with Crippen LogP contribution in [0, 0.1) is 0 Å². The molecule has 0 bridgehead atoms. The number of hydrogen-bond donors (Lipinski definition) is 0. The van der Waals surface area contributed by atoms with Gasteiger partial charge in [0.05, 0.1) is 39.8 Å². The third-order valence-electron chi connectivity index (χ3n) is 12.0. The second-order valence-electron chi connectivity index (χ2n) is 15.6. The maximum atomic E-state index is 5.19. The molecule has 4 aromatic heterocycles. The average Bonchev–Trinajstić information content (AvgIpc) is 3.95. The highest BCUT2D eigenvalue weighted by Gasteiger charge is 2.22. The van der Waals surface area contributed by atoms with Gasteiger partial charge in [0.2, 0.25) is 0 Å². The van der Waals surface area contributed by atoms with Crippen LogP contribution in [0.3, 0.4) is 0 Å². The Hall–Kier alpha value is -8.41. The monoisotopic (exact) mass is 791 g/mol. The fourth-order valence-electron chi connectivity index (χ4n) is 9.15. The SMILES string of the molecule is c1ccc(-c2nc(-c3ccc(-c4c(-c5ccccc5)n5ncc(-c6ccccc6)c5c5ccccc45)cc3)cc(-c3ccc(-n4c5ccccc5c5ccccc54)cc3)n2)cc1. The first kappa shape index (κ1) is 35.5. The van der Waals surface area contributed by atoms with E-state index >= 15 is 0 Å². The van der Waals surface area contributed by atoms with E-state index in [1.165, 1.54) is 27.2 Å². The van der Waals surface area contributed by atoms with Gasteiger partial charge in [0.15, 0.2) is 5.82 Å². The smallest absolute Gasteiger partial charge is 0.160 e. The molecule has 290 valence electrons. The summed E-state index contributed by atoms with van der Waals surface area (Å²) >= 11 is 0. The number of benzene rings is 8. The van der Waals surface area contributed by atoms with Gasteiger partial charge >= 0.3 is 0 Å². The number of rotatable bonds is 7.